The third-order valence-corrected chi connectivity index (χ3v) is 4.45. The first-order chi connectivity index (χ1) is 6.83. The standard InChI is InChI=1S/C13H18S/c1-3-10(2)13-9-14-8-11-6-4-5-7-12(11)13/h4-7,10,13H,3,8-9H2,1-2H3. The highest BCUT2D eigenvalue weighted by Crippen LogP contribution is 2.38. The van der Waals surface area contributed by atoms with Gasteiger partial charge in [0.1, 0.15) is 0 Å². The highest BCUT2D eigenvalue weighted by Gasteiger charge is 2.23. The molecule has 0 bridgehead atoms. The summed E-state index contributed by atoms with van der Waals surface area (Å²) < 4.78 is 0. The van der Waals surface area contributed by atoms with Gasteiger partial charge in [-0.2, -0.15) is 11.8 Å². The predicted molar refractivity (Wildman–Crippen MR) is 64.8 cm³/mol. The molecule has 2 unspecified atom stereocenters. The monoisotopic (exact) mass is 206 g/mol. The average molecular weight is 206 g/mol. The van der Waals surface area contributed by atoms with Crippen molar-refractivity contribution in [1.82, 2.24) is 0 Å². The Labute approximate surface area is 91.1 Å². The van der Waals surface area contributed by atoms with Gasteiger partial charge in [-0.3, -0.25) is 0 Å². The molecule has 14 heavy (non-hydrogen) atoms. The third-order valence-electron chi connectivity index (χ3n) is 3.34. The maximum absolute atomic E-state index is 2.38. The highest BCUT2D eigenvalue weighted by atomic mass is 32.2. The highest BCUT2D eigenvalue weighted by molar-refractivity contribution is 7.98. The number of fused-ring (bicyclic) bond motifs is 1. The summed E-state index contributed by atoms with van der Waals surface area (Å²) in [6.07, 6.45) is 1.29. The SMILES string of the molecule is CCC(C)C1CSCc2ccccc21. The van der Waals surface area contributed by atoms with Gasteiger partial charge < -0.3 is 0 Å². The molecule has 1 aromatic rings. The van der Waals surface area contributed by atoms with Gasteiger partial charge in [0.2, 0.25) is 0 Å². The van der Waals surface area contributed by atoms with E-state index in [9.17, 15) is 0 Å². The second-order valence-electron chi connectivity index (χ2n) is 4.21. The second kappa shape index (κ2) is 4.39. The van der Waals surface area contributed by atoms with Gasteiger partial charge in [-0.05, 0) is 23.0 Å². The molecule has 0 N–H and O–H groups in total. The largest absolute Gasteiger partial charge is 0.157 e. The molecule has 0 aliphatic carbocycles. The molecule has 0 fully saturated rings. The Hall–Kier alpha value is -0.430. The van der Waals surface area contributed by atoms with E-state index in [0.29, 0.717) is 0 Å². The van der Waals surface area contributed by atoms with Gasteiger partial charge in [0.15, 0.2) is 0 Å². The van der Waals surface area contributed by atoms with Crippen LogP contribution < -0.4 is 0 Å². The summed E-state index contributed by atoms with van der Waals surface area (Å²) in [5.41, 5.74) is 3.18. The van der Waals surface area contributed by atoms with Crippen LogP contribution in [0.15, 0.2) is 24.3 Å². The normalized spacial score (nSPS) is 22.9. The van der Waals surface area contributed by atoms with Crippen LogP contribution in [0.2, 0.25) is 0 Å². The third kappa shape index (κ3) is 1.83. The zero-order valence-corrected chi connectivity index (χ0v) is 9.81. The van der Waals surface area contributed by atoms with Crippen LogP contribution >= 0.6 is 11.8 Å². The van der Waals surface area contributed by atoms with Gasteiger partial charge in [-0.15, -0.1) is 0 Å². The number of benzene rings is 1. The average Bonchev–Trinajstić information content (AvgIpc) is 2.27. The lowest BCUT2D eigenvalue weighted by molar-refractivity contribution is 0.474. The fourth-order valence-electron chi connectivity index (χ4n) is 2.17. The quantitative estimate of drug-likeness (QED) is 0.703. The molecule has 76 valence electrons. The Bertz CT molecular complexity index is 306. The van der Waals surface area contributed by atoms with Crippen LogP contribution in [0.3, 0.4) is 0 Å². The van der Waals surface area contributed by atoms with Crippen molar-refractivity contribution in [3.8, 4) is 0 Å². The van der Waals surface area contributed by atoms with Crippen LogP contribution in [-0.4, -0.2) is 5.75 Å². The van der Waals surface area contributed by atoms with Crippen molar-refractivity contribution < 1.29 is 0 Å². The second-order valence-corrected chi connectivity index (χ2v) is 5.24. The van der Waals surface area contributed by atoms with Crippen molar-refractivity contribution in [3.63, 3.8) is 0 Å². The number of thioether (sulfide) groups is 1. The molecular weight excluding hydrogens is 188 g/mol. The van der Waals surface area contributed by atoms with Crippen molar-refractivity contribution in [3.05, 3.63) is 35.4 Å². The lowest BCUT2D eigenvalue weighted by Crippen LogP contribution is -2.17. The van der Waals surface area contributed by atoms with Gasteiger partial charge in [0.05, 0.1) is 0 Å². The summed E-state index contributed by atoms with van der Waals surface area (Å²) in [5, 5.41) is 0. The van der Waals surface area contributed by atoms with Gasteiger partial charge in [0, 0.05) is 11.5 Å². The van der Waals surface area contributed by atoms with Gasteiger partial charge >= 0.3 is 0 Å². The Balaban J connectivity index is 2.30. The topological polar surface area (TPSA) is 0 Å². The number of hydrogen-bond acceptors (Lipinski definition) is 1. The molecule has 0 radical (unpaired) electrons. The Morgan fingerprint density at radius 2 is 2.21 bits per heavy atom. The lowest BCUT2D eigenvalue weighted by atomic mass is 9.84. The van der Waals surface area contributed by atoms with Crippen LogP contribution in [0.5, 0.6) is 0 Å². The van der Waals surface area contributed by atoms with Gasteiger partial charge in [-0.1, -0.05) is 44.5 Å². The van der Waals surface area contributed by atoms with Crippen LogP contribution in [0, 0.1) is 5.92 Å². The Morgan fingerprint density at radius 3 is 3.00 bits per heavy atom. The smallest absolute Gasteiger partial charge is 0.0187 e. The van der Waals surface area contributed by atoms with E-state index in [1.807, 2.05) is 0 Å². The zero-order chi connectivity index (χ0) is 9.97. The predicted octanol–water partition coefficient (Wildman–Crippen LogP) is 4.06. The van der Waals surface area contributed by atoms with E-state index >= 15 is 0 Å². The lowest BCUT2D eigenvalue weighted by Gasteiger charge is -2.29. The first-order valence-corrected chi connectivity index (χ1v) is 6.64. The van der Waals surface area contributed by atoms with Crippen molar-refractivity contribution in [1.29, 1.82) is 0 Å². The zero-order valence-electron chi connectivity index (χ0n) is 8.99. The fourth-order valence-corrected chi connectivity index (χ4v) is 3.53. The summed E-state index contributed by atoms with van der Waals surface area (Å²) in [6.45, 7) is 4.68. The first-order valence-electron chi connectivity index (χ1n) is 5.48. The summed E-state index contributed by atoms with van der Waals surface area (Å²) in [5.74, 6) is 4.13. The van der Waals surface area contributed by atoms with E-state index in [4.69, 9.17) is 0 Å². The molecule has 0 spiro atoms. The molecule has 0 amide bonds. The summed E-state index contributed by atoms with van der Waals surface area (Å²) in [7, 11) is 0. The maximum atomic E-state index is 2.38. The molecule has 0 saturated carbocycles. The van der Waals surface area contributed by atoms with Crippen LogP contribution in [-0.2, 0) is 5.75 Å². The fraction of sp³-hybridized carbons (Fsp3) is 0.538. The minimum atomic E-state index is 0.787. The first kappa shape index (κ1) is 10.1. The number of hydrogen-bond donors (Lipinski definition) is 0. The summed E-state index contributed by atoms with van der Waals surface area (Å²) in [4.78, 5) is 0. The summed E-state index contributed by atoms with van der Waals surface area (Å²) >= 11 is 2.09. The van der Waals surface area contributed by atoms with E-state index in [0.717, 1.165) is 11.8 Å². The molecule has 1 heteroatoms. The van der Waals surface area contributed by atoms with Crippen LogP contribution in [0.1, 0.15) is 37.3 Å². The molecular formula is C13H18S. The van der Waals surface area contributed by atoms with Crippen LogP contribution in [0.25, 0.3) is 0 Å². The molecule has 2 atom stereocenters. The van der Waals surface area contributed by atoms with Gasteiger partial charge in [-0.25, -0.2) is 0 Å². The Morgan fingerprint density at radius 1 is 1.43 bits per heavy atom. The van der Waals surface area contributed by atoms with Crippen molar-refractivity contribution in [2.75, 3.05) is 5.75 Å². The van der Waals surface area contributed by atoms with E-state index in [1.165, 1.54) is 17.9 Å². The molecule has 1 heterocycles. The minimum absolute atomic E-state index is 0.787. The van der Waals surface area contributed by atoms with Crippen LogP contribution in [0.4, 0.5) is 0 Å². The molecule has 2 rings (SSSR count). The van der Waals surface area contributed by atoms with E-state index < -0.39 is 0 Å². The maximum Gasteiger partial charge on any atom is 0.0187 e. The molecule has 0 nitrogen and oxygen atoms in total. The molecule has 1 aromatic carbocycles. The van der Waals surface area contributed by atoms with E-state index in [2.05, 4.69) is 49.9 Å². The molecule has 0 saturated heterocycles. The summed E-state index contributed by atoms with van der Waals surface area (Å²) in [6, 6.07) is 8.96. The van der Waals surface area contributed by atoms with Crippen molar-refractivity contribution in [2.45, 2.75) is 31.9 Å². The van der Waals surface area contributed by atoms with E-state index in [-0.39, 0.29) is 0 Å². The van der Waals surface area contributed by atoms with Gasteiger partial charge in [0.25, 0.3) is 0 Å². The molecule has 0 aromatic heterocycles. The van der Waals surface area contributed by atoms with E-state index in [1.54, 1.807) is 11.1 Å². The van der Waals surface area contributed by atoms with Crippen molar-refractivity contribution >= 4 is 11.8 Å². The number of rotatable bonds is 2. The molecule has 1 aliphatic rings. The minimum Gasteiger partial charge on any atom is -0.157 e. The molecule has 1 aliphatic heterocycles. The van der Waals surface area contributed by atoms with Crippen molar-refractivity contribution in [2.24, 2.45) is 5.92 Å². The Kier molecular flexibility index (Phi) is 3.17.